The summed E-state index contributed by atoms with van der Waals surface area (Å²) in [7, 11) is 0. The number of nitrogens with zero attached hydrogens (tertiary/aromatic N) is 2. The zero-order chi connectivity index (χ0) is 14.9. The number of carbonyl (C=O) groups excluding carboxylic acids is 1. The van der Waals surface area contributed by atoms with E-state index in [4.69, 9.17) is 0 Å². The fourth-order valence-corrected chi connectivity index (χ4v) is 2.86. The van der Waals surface area contributed by atoms with Crippen LogP contribution in [-0.4, -0.2) is 41.9 Å². The van der Waals surface area contributed by atoms with Gasteiger partial charge >= 0.3 is 0 Å². The van der Waals surface area contributed by atoms with E-state index in [0.29, 0.717) is 5.91 Å². The molecule has 1 aliphatic heterocycles. The van der Waals surface area contributed by atoms with Crippen LogP contribution in [0.3, 0.4) is 0 Å². The number of benzene rings is 1. The molecule has 0 saturated carbocycles. The van der Waals surface area contributed by atoms with Gasteiger partial charge in [-0.05, 0) is 12.0 Å². The van der Waals surface area contributed by atoms with E-state index in [0.717, 1.165) is 45.6 Å². The van der Waals surface area contributed by atoms with Crippen molar-refractivity contribution >= 4 is 5.91 Å². The molecule has 1 saturated heterocycles. The average Bonchev–Trinajstić information content (AvgIpc) is 2.53. The van der Waals surface area contributed by atoms with E-state index in [1.54, 1.807) is 0 Å². The van der Waals surface area contributed by atoms with Gasteiger partial charge in [0.15, 0.2) is 0 Å². The molecule has 3 nitrogen and oxygen atoms in total. The number of carbonyl (C=O) groups is 1. The predicted octanol–water partition coefficient (Wildman–Crippen LogP) is 3.30. The maximum atomic E-state index is 12.1. The number of hydrogen-bond donors (Lipinski definition) is 0. The third kappa shape index (κ3) is 5.50. The summed E-state index contributed by atoms with van der Waals surface area (Å²) in [5.74, 6) is 0.352. The Balaban J connectivity index is 1.67. The predicted molar refractivity (Wildman–Crippen MR) is 87.1 cm³/mol. The van der Waals surface area contributed by atoms with Crippen LogP contribution in [-0.2, 0) is 11.3 Å². The molecular formula is C18H28N2O. The van der Waals surface area contributed by atoms with E-state index in [1.165, 1.54) is 24.8 Å². The van der Waals surface area contributed by atoms with E-state index in [-0.39, 0.29) is 0 Å². The molecular weight excluding hydrogens is 260 g/mol. The zero-order valence-electron chi connectivity index (χ0n) is 13.3. The quantitative estimate of drug-likeness (QED) is 0.719. The van der Waals surface area contributed by atoms with Gasteiger partial charge < -0.3 is 4.90 Å². The van der Waals surface area contributed by atoms with Crippen molar-refractivity contribution in [3.8, 4) is 0 Å². The number of unbranched alkanes of at least 4 members (excludes halogenated alkanes) is 3. The van der Waals surface area contributed by atoms with Gasteiger partial charge in [0.1, 0.15) is 0 Å². The molecule has 21 heavy (non-hydrogen) atoms. The van der Waals surface area contributed by atoms with Gasteiger partial charge in [-0.25, -0.2) is 0 Å². The molecule has 1 aromatic rings. The van der Waals surface area contributed by atoms with Gasteiger partial charge in [-0.15, -0.1) is 0 Å². The van der Waals surface area contributed by atoms with Gasteiger partial charge in [0.2, 0.25) is 5.91 Å². The molecule has 1 amide bonds. The topological polar surface area (TPSA) is 23.6 Å². The minimum absolute atomic E-state index is 0.352. The Bertz CT molecular complexity index is 410. The van der Waals surface area contributed by atoms with Crippen molar-refractivity contribution in [2.75, 3.05) is 26.2 Å². The minimum atomic E-state index is 0.352. The Morgan fingerprint density at radius 1 is 1.00 bits per heavy atom. The summed E-state index contributed by atoms with van der Waals surface area (Å²) >= 11 is 0. The molecule has 0 atom stereocenters. The molecule has 1 aromatic carbocycles. The van der Waals surface area contributed by atoms with Crippen molar-refractivity contribution in [1.82, 2.24) is 9.80 Å². The van der Waals surface area contributed by atoms with Crippen LogP contribution in [0.5, 0.6) is 0 Å². The van der Waals surface area contributed by atoms with E-state index in [2.05, 4.69) is 42.2 Å². The number of rotatable bonds is 7. The first-order valence-electron chi connectivity index (χ1n) is 8.33. The van der Waals surface area contributed by atoms with E-state index >= 15 is 0 Å². The van der Waals surface area contributed by atoms with Gasteiger partial charge in [0.25, 0.3) is 0 Å². The molecule has 116 valence electrons. The highest BCUT2D eigenvalue weighted by atomic mass is 16.2. The maximum Gasteiger partial charge on any atom is 0.222 e. The number of piperazine rings is 1. The van der Waals surface area contributed by atoms with Gasteiger partial charge in [0.05, 0.1) is 0 Å². The Morgan fingerprint density at radius 3 is 2.38 bits per heavy atom. The van der Waals surface area contributed by atoms with Crippen molar-refractivity contribution in [1.29, 1.82) is 0 Å². The lowest BCUT2D eigenvalue weighted by Gasteiger charge is -2.34. The molecule has 0 radical (unpaired) electrons. The highest BCUT2D eigenvalue weighted by Gasteiger charge is 2.20. The first-order valence-corrected chi connectivity index (χ1v) is 8.33. The van der Waals surface area contributed by atoms with Crippen molar-refractivity contribution in [2.24, 2.45) is 0 Å². The monoisotopic (exact) mass is 288 g/mol. The molecule has 0 aliphatic carbocycles. The van der Waals surface area contributed by atoms with Crippen LogP contribution in [0.2, 0.25) is 0 Å². The van der Waals surface area contributed by atoms with Crippen molar-refractivity contribution < 1.29 is 4.79 Å². The van der Waals surface area contributed by atoms with Crippen LogP contribution < -0.4 is 0 Å². The smallest absolute Gasteiger partial charge is 0.222 e. The van der Waals surface area contributed by atoms with Crippen molar-refractivity contribution in [3.05, 3.63) is 35.9 Å². The van der Waals surface area contributed by atoms with Crippen molar-refractivity contribution in [3.63, 3.8) is 0 Å². The Hall–Kier alpha value is -1.35. The normalized spacial score (nSPS) is 16.1. The van der Waals surface area contributed by atoms with Gasteiger partial charge in [-0.2, -0.15) is 0 Å². The van der Waals surface area contributed by atoms with E-state index < -0.39 is 0 Å². The fourth-order valence-electron chi connectivity index (χ4n) is 2.86. The van der Waals surface area contributed by atoms with Gasteiger partial charge in [-0.1, -0.05) is 56.5 Å². The molecule has 0 N–H and O–H groups in total. The van der Waals surface area contributed by atoms with E-state index in [9.17, 15) is 4.79 Å². The lowest BCUT2D eigenvalue weighted by molar-refractivity contribution is -0.133. The molecule has 3 heteroatoms. The average molecular weight is 288 g/mol. The largest absolute Gasteiger partial charge is 0.340 e. The second-order valence-corrected chi connectivity index (χ2v) is 5.95. The summed E-state index contributed by atoms with van der Waals surface area (Å²) in [6.07, 6.45) is 5.45. The molecule has 1 heterocycles. The van der Waals surface area contributed by atoms with Crippen LogP contribution >= 0.6 is 0 Å². The summed E-state index contributed by atoms with van der Waals surface area (Å²) in [6, 6.07) is 10.6. The fraction of sp³-hybridized carbons (Fsp3) is 0.611. The molecule has 1 aliphatic rings. The SMILES string of the molecule is CCCCCCC(=O)N1CCN(Cc2ccccc2)CC1. The van der Waals surface area contributed by atoms with E-state index in [1.807, 2.05) is 4.90 Å². The summed E-state index contributed by atoms with van der Waals surface area (Å²) in [6.45, 7) is 6.97. The molecule has 2 rings (SSSR count). The third-order valence-corrected chi connectivity index (χ3v) is 4.22. The summed E-state index contributed by atoms with van der Waals surface area (Å²) in [5, 5.41) is 0. The highest BCUT2D eigenvalue weighted by molar-refractivity contribution is 5.76. The number of amides is 1. The molecule has 0 bridgehead atoms. The number of hydrogen-bond acceptors (Lipinski definition) is 2. The van der Waals surface area contributed by atoms with Gasteiger partial charge in [-0.3, -0.25) is 9.69 Å². The van der Waals surface area contributed by atoms with Crippen LogP contribution in [0, 0.1) is 0 Å². The lowest BCUT2D eigenvalue weighted by atomic mass is 10.1. The first kappa shape index (κ1) is 16.0. The summed E-state index contributed by atoms with van der Waals surface area (Å²) in [4.78, 5) is 16.6. The van der Waals surface area contributed by atoms with Crippen LogP contribution in [0.1, 0.15) is 44.6 Å². The highest BCUT2D eigenvalue weighted by Crippen LogP contribution is 2.11. The maximum absolute atomic E-state index is 12.1. The first-order chi connectivity index (χ1) is 10.3. The Morgan fingerprint density at radius 2 is 1.71 bits per heavy atom. The second-order valence-electron chi connectivity index (χ2n) is 5.95. The molecule has 0 unspecified atom stereocenters. The zero-order valence-corrected chi connectivity index (χ0v) is 13.3. The summed E-state index contributed by atoms with van der Waals surface area (Å²) in [5.41, 5.74) is 1.36. The lowest BCUT2D eigenvalue weighted by Crippen LogP contribution is -2.48. The molecule has 1 fully saturated rings. The van der Waals surface area contributed by atoms with Crippen LogP contribution in [0.25, 0.3) is 0 Å². The van der Waals surface area contributed by atoms with Crippen molar-refractivity contribution in [2.45, 2.75) is 45.6 Å². The second kappa shape index (κ2) is 8.83. The van der Waals surface area contributed by atoms with Crippen LogP contribution in [0.15, 0.2) is 30.3 Å². The molecule has 0 spiro atoms. The Kier molecular flexibility index (Phi) is 6.74. The minimum Gasteiger partial charge on any atom is -0.340 e. The van der Waals surface area contributed by atoms with Gasteiger partial charge in [0, 0.05) is 39.1 Å². The van der Waals surface area contributed by atoms with Crippen LogP contribution in [0.4, 0.5) is 0 Å². The standard InChI is InChI=1S/C18H28N2O/c1-2-3-4-8-11-18(21)20-14-12-19(13-15-20)16-17-9-6-5-7-10-17/h5-7,9-10H,2-4,8,11-16H2,1H3. The Labute approximate surface area is 128 Å². The third-order valence-electron chi connectivity index (χ3n) is 4.22. The summed E-state index contributed by atoms with van der Waals surface area (Å²) < 4.78 is 0. The molecule has 0 aromatic heterocycles.